The van der Waals surface area contributed by atoms with Crippen LogP contribution in [0.15, 0.2) is 53.0 Å². The van der Waals surface area contributed by atoms with E-state index in [0.717, 1.165) is 10.2 Å². The molecule has 0 aliphatic rings. The Morgan fingerprint density at radius 1 is 1.10 bits per heavy atom. The molecule has 0 aliphatic heterocycles. The minimum absolute atomic E-state index is 0.184. The van der Waals surface area contributed by atoms with Gasteiger partial charge in [-0.25, -0.2) is 4.79 Å². The topological polar surface area (TPSA) is 61.6 Å². The van der Waals surface area contributed by atoms with Gasteiger partial charge in [0, 0.05) is 10.2 Å². The summed E-state index contributed by atoms with van der Waals surface area (Å²) in [6, 6.07) is 14.3. The van der Waals surface area contributed by atoms with Crippen LogP contribution in [0.3, 0.4) is 0 Å². The van der Waals surface area contributed by atoms with Gasteiger partial charge in [0.05, 0.1) is 5.56 Å². The predicted octanol–water partition coefficient (Wildman–Crippen LogP) is 3.27. The van der Waals surface area contributed by atoms with Crippen molar-refractivity contribution in [2.75, 3.05) is 18.9 Å². The molecule has 5 heteroatoms. The fourth-order valence-electron chi connectivity index (χ4n) is 1.56. The maximum atomic E-state index is 11.8. The van der Waals surface area contributed by atoms with Crippen LogP contribution in [0.2, 0.25) is 0 Å². The van der Waals surface area contributed by atoms with Gasteiger partial charge >= 0.3 is 5.97 Å². The van der Waals surface area contributed by atoms with Gasteiger partial charge in [-0.05, 0) is 46.3 Å². The van der Waals surface area contributed by atoms with Gasteiger partial charge in [-0.1, -0.05) is 18.2 Å². The van der Waals surface area contributed by atoms with Crippen LogP contribution in [0.1, 0.15) is 10.4 Å². The molecule has 20 heavy (non-hydrogen) atoms. The summed E-state index contributed by atoms with van der Waals surface area (Å²) in [5, 5.41) is 0. The van der Waals surface area contributed by atoms with E-state index in [0.29, 0.717) is 17.9 Å². The van der Waals surface area contributed by atoms with Gasteiger partial charge in [-0.15, -0.1) is 0 Å². The molecular weight excluding hydrogens is 322 g/mol. The summed E-state index contributed by atoms with van der Waals surface area (Å²) < 4.78 is 11.3. The third-order valence-electron chi connectivity index (χ3n) is 2.56. The van der Waals surface area contributed by atoms with Crippen LogP contribution in [0.25, 0.3) is 0 Å². The number of para-hydroxylation sites is 1. The van der Waals surface area contributed by atoms with E-state index in [9.17, 15) is 4.79 Å². The van der Waals surface area contributed by atoms with E-state index in [1.165, 1.54) is 0 Å². The quantitative estimate of drug-likeness (QED) is 0.517. The highest BCUT2D eigenvalue weighted by Gasteiger charge is 2.08. The molecule has 0 atom stereocenters. The Hall–Kier alpha value is -2.01. The van der Waals surface area contributed by atoms with Crippen molar-refractivity contribution in [3.8, 4) is 5.75 Å². The number of nitrogen functional groups attached to an aromatic ring is 1. The molecule has 0 fully saturated rings. The molecule has 2 aromatic rings. The number of nitrogens with two attached hydrogens (primary N) is 1. The van der Waals surface area contributed by atoms with Crippen LogP contribution in [-0.2, 0) is 4.74 Å². The predicted molar refractivity (Wildman–Crippen MR) is 80.8 cm³/mol. The molecule has 2 N–H and O–H groups in total. The molecule has 2 rings (SSSR count). The summed E-state index contributed by atoms with van der Waals surface area (Å²) in [7, 11) is 0. The van der Waals surface area contributed by atoms with Gasteiger partial charge in [0.1, 0.15) is 19.0 Å². The minimum atomic E-state index is -0.416. The molecule has 0 saturated carbocycles. The van der Waals surface area contributed by atoms with Gasteiger partial charge in [-0.2, -0.15) is 0 Å². The second-order valence-corrected chi connectivity index (χ2v) is 4.89. The number of rotatable bonds is 5. The summed E-state index contributed by atoms with van der Waals surface area (Å²) in [5.74, 6) is 0.331. The molecule has 0 aromatic heterocycles. The lowest BCUT2D eigenvalue weighted by molar-refractivity contribution is 0.0450. The molecule has 0 amide bonds. The first-order valence-corrected chi connectivity index (χ1v) is 6.86. The molecular formula is C15H14BrNO3. The van der Waals surface area contributed by atoms with E-state index in [1.807, 2.05) is 30.3 Å². The summed E-state index contributed by atoms with van der Waals surface area (Å²) in [4.78, 5) is 11.8. The van der Waals surface area contributed by atoms with E-state index in [4.69, 9.17) is 15.2 Å². The van der Waals surface area contributed by atoms with E-state index in [-0.39, 0.29) is 6.61 Å². The normalized spacial score (nSPS) is 10.1. The number of benzene rings is 2. The van der Waals surface area contributed by atoms with Gasteiger partial charge < -0.3 is 15.2 Å². The molecule has 2 aromatic carbocycles. The standard InChI is InChI=1S/C15H14BrNO3/c16-13-7-6-11(10-14(13)17)15(18)20-9-8-19-12-4-2-1-3-5-12/h1-7,10H,8-9,17H2. The summed E-state index contributed by atoms with van der Waals surface area (Å²) in [5.41, 5.74) is 6.63. The third kappa shape index (κ3) is 3.99. The van der Waals surface area contributed by atoms with Crippen LogP contribution < -0.4 is 10.5 Å². The van der Waals surface area contributed by atoms with Crippen LogP contribution in [0.4, 0.5) is 5.69 Å². The summed E-state index contributed by atoms with van der Waals surface area (Å²) in [6.45, 7) is 0.492. The summed E-state index contributed by atoms with van der Waals surface area (Å²) in [6.07, 6.45) is 0. The van der Waals surface area contributed by atoms with Gasteiger partial charge in [0.15, 0.2) is 0 Å². The molecule has 0 unspecified atom stereocenters. The van der Waals surface area contributed by atoms with Crippen molar-refractivity contribution in [1.29, 1.82) is 0 Å². The zero-order valence-corrected chi connectivity index (χ0v) is 12.3. The Morgan fingerprint density at radius 2 is 1.85 bits per heavy atom. The lowest BCUT2D eigenvalue weighted by atomic mass is 10.2. The minimum Gasteiger partial charge on any atom is -0.490 e. The number of hydrogen-bond donors (Lipinski definition) is 1. The SMILES string of the molecule is Nc1cc(C(=O)OCCOc2ccccc2)ccc1Br. The van der Waals surface area contributed by atoms with Gasteiger partial charge in [0.25, 0.3) is 0 Å². The fourth-order valence-corrected chi connectivity index (χ4v) is 1.81. The van der Waals surface area contributed by atoms with Crippen molar-refractivity contribution in [2.45, 2.75) is 0 Å². The number of anilines is 1. The third-order valence-corrected chi connectivity index (χ3v) is 3.28. The van der Waals surface area contributed by atoms with Crippen LogP contribution >= 0.6 is 15.9 Å². The Morgan fingerprint density at radius 3 is 2.55 bits per heavy atom. The van der Waals surface area contributed by atoms with Crippen molar-refractivity contribution in [3.63, 3.8) is 0 Å². The highest BCUT2D eigenvalue weighted by molar-refractivity contribution is 9.10. The number of hydrogen-bond acceptors (Lipinski definition) is 4. The van der Waals surface area contributed by atoms with Crippen LogP contribution in [0, 0.1) is 0 Å². The number of ether oxygens (including phenoxy) is 2. The number of esters is 1. The smallest absolute Gasteiger partial charge is 0.338 e. The monoisotopic (exact) mass is 335 g/mol. The molecule has 0 saturated heterocycles. The van der Waals surface area contributed by atoms with Gasteiger partial charge in [0.2, 0.25) is 0 Å². The number of halogens is 1. The zero-order chi connectivity index (χ0) is 14.4. The van der Waals surface area contributed by atoms with E-state index >= 15 is 0 Å². The van der Waals surface area contributed by atoms with E-state index in [2.05, 4.69) is 15.9 Å². The maximum Gasteiger partial charge on any atom is 0.338 e. The first kappa shape index (κ1) is 14.4. The second kappa shape index (κ2) is 6.96. The van der Waals surface area contributed by atoms with Crippen molar-refractivity contribution in [2.24, 2.45) is 0 Å². The van der Waals surface area contributed by atoms with E-state index < -0.39 is 5.97 Å². The molecule has 0 aliphatic carbocycles. The largest absolute Gasteiger partial charge is 0.490 e. The second-order valence-electron chi connectivity index (χ2n) is 4.03. The van der Waals surface area contributed by atoms with Gasteiger partial charge in [-0.3, -0.25) is 0 Å². The summed E-state index contributed by atoms with van der Waals surface area (Å²) >= 11 is 3.27. The molecule has 4 nitrogen and oxygen atoms in total. The Balaban J connectivity index is 1.79. The Kier molecular flexibility index (Phi) is 5.01. The first-order chi connectivity index (χ1) is 9.66. The molecule has 0 spiro atoms. The molecule has 0 heterocycles. The molecule has 0 bridgehead atoms. The van der Waals surface area contributed by atoms with Crippen molar-refractivity contribution < 1.29 is 14.3 Å². The van der Waals surface area contributed by atoms with Crippen LogP contribution in [0.5, 0.6) is 5.75 Å². The lowest BCUT2D eigenvalue weighted by Gasteiger charge is -2.08. The van der Waals surface area contributed by atoms with Crippen LogP contribution in [-0.4, -0.2) is 19.2 Å². The first-order valence-electron chi connectivity index (χ1n) is 6.07. The number of carbonyl (C=O) groups is 1. The van der Waals surface area contributed by atoms with Crippen molar-refractivity contribution in [3.05, 3.63) is 58.6 Å². The zero-order valence-electron chi connectivity index (χ0n) is 10.7. The van der Waals surface area contributed by atoms with Crippen molar-refractivity contribution >= 4 is 27.6 Å². The Labute approximate surface area is 125 Å². The molecule has 0 radical (unpaired) electrons. The van der Waals surface area contributed by atoms with E-state index in [1.54, 1.807) is 18.2 Å². The number of carbonyl (C=O) groups excluding carboxylic acids is 1. The van der Waals surface area contributed by atoms with Crippen molar-refractivity contribution in [1.82, 2.24) is 0 Å². The molecule has 104 valence electrons. The average Bonchev–Trinajstić information content (AvgIpc) is 2.47. The lowest BCUT2D eigenvalue weighted by Crippen LogP contribution is -2.12. The highest BCUT2D eigenvalue weighted by Crippen LogP contribution is 2.20. The Bertz CT molecular complexity index is 587. The average molecular weight is 336 g/mol. The maximum absolute atomic E-state index is 11.8. The highest BCUT2D eigenvalue weighted by atomic mass is 79.9. The fraction of sp³-hybridized carbons (Fsp3) is 0.133.